The highest BCUT2D eigenvalue weighted by atomic mass is 16.6. The number of rotatable bonds is 3. The van der Waals surface area contributed by atoms with Crippen LogP contribution < -0.4 is 0 Å². The summed E-state index contributed by atoms with van der Waals surface area (Å²) in [7, 11) is 0. The highest BCUT2D eigenvalue weighted by Gasteiger charge is 2.01. The zero-order chi connectivity index (χ0) is 12.7. The van der Waals surface area contributed by atoms with Crippen LogP contribution in [-0.2, 0) is 4.74 Å². The minimum Gasteiger partial charge on any atom is -0.489 e. The summed E-state index contributed by atoms with van der Waals surface area (Å²) in [6, 6.07) is 6.10. The van der Waals surface area contributed by atoms with Crippen LogP contribution in [0.4, 0.5) is 5.69 Å². The number of nitro benzene ring substituents is 1. The Hall–Kier alpha value is -2.28. The number of nitrogens with zero attached hydrogens (tertiary/aromatic N) is 1. The maximum atomic E-state index is 10.4. The van der Waals surface area contributed by atoms with Crippen LogP contribution in [0.2, 0.25) is 0 Å². The molecule has 0 saturated heterocycles. The molecule has 1 rings (SSSR count). The van der Waals surface area contributed by atoms with Gasteiger partial charge in [0.05, 0.1) is 11.2 Å². The van der Waals surface area contributed by atoms with Crippen LogP contribution in [0, 0.1) is 22.0 Å². The molecule has 88 valence electrons. The van der Waals surface area contributed by atoms with Gasteiger partial charge in [-0.3, -0.25) is 10.1 Å². The number of nitro groups is 1. The van der Waals surface area contributed by atoms with Gasteiger partial charge < -0.3 is 4.74 Å². The van der Waals surface area contributed by atoms with Crippen molar-refractivity contribution in [2.75, 3.05) is 6.61 Å². The lowest BCUT2D eigenvalue weighted by atomic mass is 10.2. The Balaban J connectivity index is 2.55. The summed E-state index contributed by atoms with van der Waals surface area (Å²) in [4.78, 5) is 9.98. The van der Waals surface area contributed by atoms with Gasteiger partial charge in [-0.25, -0.2) is 0 Å². The van der Waals surface area contributed by atoms with Crippen molar-refractivity contribution in [3.63, 3.8) is 0 Å². The van der Waals surface area contributed by atoms with Crippen molar-refractivity contribution in [3.8, 4) is 11.8 Å². The Morgan fingerprint density at radius 1 is 1.41 bits per heavy atom. The molecule has 0 fully saturated rings. The minimum absolute atomic E-state index is 0.0661. The first-order chi connectivity index (χ1) is 8.09. The Morgan fingerprint density at radius 2 is 2.06 bits per heavy atom. The molecular formula is C13H13NO3. The predicted octanol–water partition coefficient (Wildman–Crippen LogP) is 2.89. The molecule has 0 N–H and O–H groups in total. The summed E-state index contributed by atoms with van der Waals surface area (Å²) in [6.45, 7) is 4.18. The lowest BCUT2D eigenvalue weighted by molar-refractivity contribution is -0.384. The van der Waals surface area contributed by atoms with E-state index in [0.29, 0.717) is 6.61 Å². The Kier molecular flexibility index (Phi) is 4.77. The molecule has 0 spiro atoms. The zero-order valence-corrected chi connectivity index (χ0v) is 9.77. The minimum atomic E-state index is -0.435. The third kappa shape index (κ3) is 4.85. The van der Waals surface area contributed by atoms with Gasteiger partial charge in [0.2, 0.25) is 0 Å². The van der Waals surface area contributed by atoms with Gasteiger partial charge in [0.1, 0.15) is 6.61 Å². The second kappa shape index (κ2) is 6.33. The highest BCUT2D eigenvalue weighted by molar-refractivity contribution is 5.41. The van der Waals surface area contributed by atoms with Gasteiger partial charge in [0, 0.05) is 17.7 Å². The molecule has 0 unspecified atom stereocenters. The first kappa shape index (κ1) is 12.8. The molecule has 0 atom stereocenters. The van der Waals surface area contributed by atoms with E-state index in [-0.39, 0.29) is 5.69 Å². The molecule has 4 heteroatoms. The Labute approximate surface area is 100 Å². The van der Waals surface area contributed by atoms with E-state index in [9.17, 15) is 10.1 Å². The van der Waals surface area contributed by atoms with E-state index in [4.69, 9.17) is 4.74 Å². The number of non-ortho nitro benzene ring substituents is 1. The largest absolute Gasteiger partial charge is 0.489 e. The number of allylic oxidation sites excluding steroid dienone is 1. The van der Waals surface area contributed by atoms with Crippen LogP contribution in [0.15, 0.2) is 36.1 Å². The monoisotopic (exact) mass is 231 g/mol. The summed E-state index contributed by atoms with van der Waals surface area (Å²) in [5.41, 5.74) is 1.87. The maximum absolute atomic E-state index is 10.4. The molecule has 1 aromatic rings. The summed E-state index contributed by atoms with van der Waals surface area (Å²) in [6.07, 6.45) is 1.64. The molecule has 0 aromatic heterocycles. The van der Waals surface area contributed by atoms with E-state index >= 15 is 0 Å². The van der Waals surface area contributed by atoms with Gasteiger partial charge in [-0.1, -0.05) is 11.8 Å². The molecular weight excluding hydrogens is 218 g/mol. The van der Waals surface area contributed by atoms with Crippen LogP contribution in [-0.4, -0.2) is 11.5 Å². The van der Waals surface area contributed by atoms with Crippen LogP contribution in [0.3, 0.4) is 0 Å². The van der Waals surface area contributed by atoms with E-state index in [1.807, 2.05) is 13.8 Å². The van der Waals surface area contributed by atoms with Crippen molar-refractivity contribution in [1.82, 2.24) is 0 Å². The first-order valence-electron chi connectivity index (χ1n) is 5.08. The van der Waals surface area contributed by atoms with Crippen LogP contribution in [0.5, 0.6) is 0 Å². The SMILES string of the molecule is CC(C)=COCC#Cc1ccc([N+](=O)[O-])cc1. The van der Waals surface area contributed by atoms with Gasteiger partial charge in [0.15, 0.2) is 0 Å². The Morgan fingerprint density at radius 3 is 2.59 bits per heavy atom. The van der Waals surface area contributed by atoms with Crippen molar-refractivity contribution in [2.45, 2.75) is 13.8 Å². The van der Waals surface area contributed by atoms with Crippen molar-refractivity contribution < 1.29 is 9.66 Å². The van der Waals surface area contributed by atoms with E-state index < -0.39 is 4.92 Å². The third-order valence-electron chi connectivity index (χ3n) is 1.79. The van der Waals surface area contributed by atoms with Crippen LogP contribution in [0.1, 0.15) is 19.4 Å². The second-order valence-corrected chi connectivity index (χ2v) is 3.61. The lowest BCUT2D eigenvalue weighted by Gasteiger charge is -1.93. The average Bonchev–Trinajstić information content (AvgIpc) is 2.29. The molecule has 0 bridgehead atoms. The van der Waals surface area contributed by atoms with Gasteiger partial charge in [0.25, 0.3) is 5.69 Å². The molecule has 0 radical (unpaired) electrons. The average molecular weight is 231 g/mol. The maximum Gasteiger partial charge on any atom is 0.269 e. The molecule has 1 aromatic carbocycles. The molecule has 0 aliphatic rings. The topological polar surface area (TPSA) is 52.4 Å². The summed E-state index contributed by atoms with van der Waals surface area (Å²) in [5.74, 6) is 5.68. The molecule has 17 heavy (non-hydrogen) atoms. The van der Waals surface area contributed by atoms with E-state index in [0.717, 1.165) is 11.1 Å². The van der Waals surface area contributed by atoms with Gasteiger partial charge >= 0.3 is 0 Å². The number of benzene rings is 1. The van der Waals surface area contributed by atoms with Crippen molar-refractivity contribution in [3.05, 3.63) is 51.8 Å². The number of hydrogen-bond acceptors (Lipinski definition) is 3. The summed E-state index contributed by atoms with van der Waals surface area (Å²) < 4.78 is 5.13. The van der Waals surface area contributed by atoms with E-state index in [1.54, 1.807) is 18.4 Å². The van der Waals surface area contributed by atoms with E-state index in [1.165, 1.54) is 12.1 Å². The fourth-order valence-corrected chi connectivity index (χ4v) is 1.05. The highest BCUT2D eigenvalue weighted by Crippen LogP contribution is 2.10. The summed E-state index contributed by atoms with van der Waals surface area (Å²) >= 11 is 0. The fourth-order valence-electron chi connectivity index (χ4n) is 1.05. The Bertz CT molecular complexity index is 474. The molecule has 4 nitrogen and oxygen atoms in total. The lowest BCUT2D eigenvalue weighted by Crippen LogP contribution is -1.87. The quantitative estimate of drug-likeness (QED) is 0.264. The molecule has 0 aliphatic heterocycles. The van der Waals surface area contributed by atoms with Crippen LogP contribution in [0.25, 0.3) is 0 Å². The van der Waals surface area contributed by atoms with E-state index in [2.05, 4.69) is 11.8 Å². The van der Waals surface area contributed by atoms with Crippen molar-refractivity contribution >= 4 is 5.69 Å². The van der Waals surface area contributed by atoms with Gasteiger partial charge in [-0.15, -0.1) is 0 Å². The van der Waals surface area contributed by atoms with Crippen molar-refractivity contribution in [1.29, 1.82) is 0 Å². The zero-order valence-electron chi connectivity index (χ0n) is 9.77. The normalized spacial score (nSPS) is 8.82. The first-order valence-corrected chi connectivity index (χ1v) is 5.08. The molecule has 0 aliphatic carbocycles. The fraction of sp³-hybridized carbons (Fsp3) is 0.231. The van der Waals surface area contributed by atoms with Gasteiger partial charge in [-0.05, 0) is 31.6 Å². The number of ether oxygens (including phenoxy) is 1. The molecule has 0 heterocycles. The summed E-state index contributed by atoms with van der Waals surface area (Å²) in [5, 5.41) is 10.4. The molecule has 0 saturated carbocycles. The van der Waals surface area contributed by atoms with Crippen LogP contribution >= 0.6 is 0 Å². The third-order valence-corrected chi connectivity index (χ3v) is 1.79. The van der Waals surface area contributed by atoms with Gasteiger partial charge in [-0.2, -0.15) is 0 Å². The molecule has 0 amide bonds. The second-order valence-electron chi connectivity index (χ2n) is 3.61. The predicted molar refractivity (Wildman–Crippen MR) is 65.4 cm³/mol. The van der Waals surface area contributed by atoms with Crippen molar-refractivity contribution in [2.24, 2.45) is 0 Å². The standard InChI is InChI=1S/C13H13NO3/c1-11(2)10-17-9-3-4-12-5-7-13(8-6-12)14(15)16/h5-8,10H,9H2,1-2H3. The number of hydrogen-bond donors (Lipinski definition) is 0. The smallest absolute Gasteiger partial charge is 0.269 e.